The number of hydrazine groups is 1. The van der Waals surface area contributed by atoms with E-state index >= 15 is 0 Å². The maximum absolute atomic E-state index is 11.1. The number of carbonyl (C=O) groups excluding carboxylic acids is 1. The molecule has 7 heteroatoms. The Balaban J connectivity index is 2.94. The van der Waals surface area contributed by atoms with Crippen molar-refractivity contribution >= 4 is 11.6 Å². The quantitative estimate of drug-likeness (QED) is 0.235. The fourth-order valence-electron chi connectivity index (χ4n) is 0.760. The summed E-state index contributed by atoms with van der Waals surface area (Å²) in [4.78, 5) is 15.6. The molecular weight excluding hydrogens is 174 g/mol. The van der Waals surface area contributed by atoms with Crippen molar-refractivity contribution in [1.82, 2.24) is 15.6 Å². The average Bonchev–Trinajstić information content (AvgIpc) is 2.65. The molecular formula is C6H9N5O2. The maximum Gasteiger partial charge on any atom is 0.289 e. The zero-order chi connectivity index (χ0) is 9.68. The Labute approximate surface area is 73.9 Å². The number of nitrogens with zero attached hydrogens (tertiary/aromatic N) is 2. The minimum atomic E-state index is -0.550. The number of oxime groups is 1. The van der Waals surface area contributed by atoms with Crippen molar-refractivity contribution in [2.24, 2.45) is 11.0 Å². The lowest BCUT2D eigenvalue weighted by molar-refractivity contribution is -0.115. The first kappa shape index (κ1) is 9.20. The lowest BCUT2D eigenvalue weighted by Crippen LogP contribution is -2.37. The normalized spacial score (nSPS) is 11.1. The molecule has 0 aliphatic rings. The van der Waals surface area contributed by atoms with Crippen LogP contribution in [-0.4, -0.2) is 28.9 Å². The number of amides is 1. The van der Waals surface area contributed by atoms with E-state index in [2.05, 4.69) is 20.2 Å². The first-order valence-electron chi connectivity index (χ1n) is 3.41. The Bertz CT molecular complexity index is 305. The van der Waals surface area contributed by atoms with Crippen molar-refractivity contribution in [1.29, 1.82) is 0 Å². The third kappa shape index (κ3) is 2.03. The molecule has 0 saturated heterocycles. The smallest absolute Gasteiger partial charge is 0.289 e. The fourth-order valence-corrected chi connectivity index (χ4v) is 0.760. The van der Waals surface area contributed by atoms with Crippen LogP contribution in [0.2, 0.25) is 0 Å². The number of hydrogen-bond acceptors (Lipinski definition) is 5. The highest BCUT2D eigenvalue weighted by Crippen LogP contribution is 1.96. The summed E-state index contributed by atoms with van der Waals surface area (Å²) in [6.45, 7) is 0. The van der Waals surface area contributed by atoms with Crippen LogP contribution >= 0.6 is 0 Å². The average molecular weight is 183 g/mol. The van der Waals surface area contributed by atoms with Crippen LogP contribution in [0.5, 0.6) is 0 Å². The van der Waals surface area contributed by atoms with Gasteiger partial charge in [0.15, 0.2) is 5.71 Å². The zero-order valence-corrected chi connectivity index (χ0v) is 6.94. The molecule has 0 atom stereocenters. The molecule has 1 rings (SSSR count). The van der Waals surface area contributed by atoms with Crippen molar-refractivity contribution in [2.75, 3.05) is 7.11 Å². The summed E-state index contributed by atoms with van der Waals surface area (Å²) in [6.07, 6.45) is 1.49. The highest BCUT2D eigenvalue weighted by Gasteiger charge is 2.14. The number of nitrogens with two attached hydrogens (primary N) is 1. The molecule has 0 aliphatic carbocycles. The van der Waals surface area contributed by atoms with Gasteiger partial charge in [-0.1, -0.05) is 5.16 Å². The van der Waals surface area contributed by atoms with Crippen LogP contribution in [0.25, 0.3) is 0 Å². The molecule has 0 aliphatic heterocycles. The van der Waals surface area contributed by atoms with E-state index in [1.807, 2.05) is 5.43 Å². The van der Waals surface area contributed by atoms with Crippen molar-refractivity contribution in [3.63, 3.8) is 0 Å². The van der Waals surface area contributed by atoms with E-state index in [1.54, 1.807) is 6.07 Å². The fraction of sp³-hybridized carbons (Fsp3) is 0.167. The standard InChI is InChI=1S/C6H9N5O2/c1-13-11-5(6(12)9-7)4-2-3-8-10-4/h2-3H,7H2,1H3,(H,8,10)(H,9,12)/b11-5+. The molecule has 0 radical (unpaired) electrons. The summed E-state index contributed by atoms with van der Waals surface area (Å²) in [6, 6.07) is 1.58. The van der Waals surface area contributed by atoms with Crippen molar-refractivity contribution in [3.8, 4) is 0 Å². The molecule has 0 unspecified atom stereocenters. The number of hydrogen-bond donors (Lipinski definition) is 3. The van der Waals surface area contributed by atoms with E-state index in [4.69, 9.17) is 5.84 Å². The molecule has 13 heavy (non-hydrogen) atoms. The molecule has 0 bridgehead atoms. The first-order chi connectivity index (χ1) is 6.29. The first-order valence-corrected chi connectivity index (χ1v) is 3.41. The number of rotatable bonds is 3. The molecule has 1 amide bonds. The van der Waals surface area contributed by atoms with Gasteiger partial charge in [0.1, 0.15) is 7.11 Å². The van der Waals surface area contributed by atoms with E-state index < -0.39 is 5.91 Å². The summed E-state index contributed by atoms with van der Waals surface area (Å²) in [5.41, 5.74) is 2.42. The molecule has 0 saturated carbocycles. The van der Waals surface area contributed by atoms with Crippen LogP contribution in [-0.2, 0) is 9.63 Å². The molecule has 70 valence electrons. The van der Waals surface area contributed by atoms with Crippen LogP contribution in [0, 0.1) is 0 Å². The molecule has 0 fully saturated rings. The van der Waals surface area contributed by atoms with Gasteiger partial charge in [-0.2, -0.15) is 5.10 Å². The summed E-state index contributed by atoms with van der Waals surface area (Å²) in [7, 11) is 1.33. The van der Waals surface area contributed by atoms with Gasteiger partial charge in [-0.05, 0) is 6.07 Å². The second-order valence-electron chi connectivity index (χ2n) is 2.07. The maximum atomic E-state index is 11.1. The summed E-state index contributed by atoms with van der Waals surface area (Å²) >= 11 is 0. The monoisotopic (exact) mass is 183 g/mol. The lowest BCUT2D eigenvalue weighted by Gasteiger charge is -1.99. The van der Waals surface area contributed by atoms with Crippen LogP contribution in [0.4, 0.5) is 0 Å². The Morgan fingerprint density at radius 1 is 1.85 bits per heavy atom. The molecule has 4 N–H and O–H groups in total. The second-order valence-corrected chi connectivity index (χ2v) is 2.07. The number of nitrogens with one attached hydrogen (secondary N) is 2. The van der Waals surface area contributed by atoms with E-state index in [0.29, 0.717) is 5.69 Å². The predicted octanol–water partition coefficient (Wildman–Crippen LogP) is -1.25. The summed E-state index contributed by atoms with van der Waals surface area (Å²) in [5.74, 6) is 4.39. The number of H-pyrrole nitrogens is 1. The molecule has 1 heterocycles. The van der Waals surface area contributed by atoms with Crippen LogP contribution in [0.3, 0.4) is 0 Å². The number of aromatic amines is 1. The van der Waals surface area contributed by atoms with Gasteiger partial charge in [-0.15, -0.1) is 0 Å². The Kier molecular flexibility index (Phi) is 2.98. The molecule has 1 aromatic heterocycles. The third-order valence-corrected chi connectivity index (χ3v) is 1.28. The molecule has 1 aromatic rings. The number of carbonyl (C=O) groups is 1. The van der Waals surface area contributed by atoms with E-state index in [0.717, 1.165) is 0 Å². The van der Waals surface area contributed by atoms with Gasteiger partial charge in [-0.3, -0.25) is 15.3 Å². The Morgan fingerprint density at radius 3 is 3.08 bits per heavy atom. The molecule has 0 aromatic carbocycles. The van der Waals surface area contributed by atoms with Gasteiger partial charge in [0.25, 0.3) is 5.91 Å². The van der Waals surface area contributed by atoms with Crippen LogP contribution in [0.15, 0.2) is 17.4 Å². The number of aromatic nitrogens is 2. The van der Waals surface area contributed by atoms with E-state index in [9.17, 15) is 4.79 Å². The van der Waals surface area contributed by atoms with Gasteiger partial charge in [0.05, 0.1) is 5.69 Å². The van der Waals surface area contributed by atoms with Crippen molar-refractivity contribution < 1.29 is 9.63 Å². The van der Waals surface area contributed by atoms with Crippen LogP contribution in [0.1, 0.15) is 5.69 Å². The summed E-state index contributed by atoms with van der Waals surface area (Å²) in [5, 5.41) is 9.71. The zero-order valence-electron chi connectivity index (χ0n) is 6.94. The van der Waals surface area contributed by atoms with E-state index in [1.165, 1.54) is 13.3 Å². The highest BCUT2D eigenvalue weighted by atomic mass is 16.6. The Hall–Kier alpha value is -1.89. The van der Waals surface area contributed by atoms with Gasteiger partial charge < -0.3 is 4.84 Å². The molecule has 0 spiro atoms. The van der Waals surface area contributed by atoms with Crippen molar-refractivity contribution in [2.45, 2.75) is 0 Å². The van der Waals surface area contributed by atoms with Crippen LogP contribution < -0.4 is 11.3 Å². The minimum Gasteiger partial charge on any atom is -0.398 e. The Morgan fingerprint density at radius 2 is 2.62 bits per heavy atom. The highest BCUT2D eigenvalue weighted by molar-refractivity contribution is 6.44. The van der Waals surface area contributed by atoms with E-state index in [-0.39, 0.29) is 5.71 Å². The van der Waals surface area contributed by atoms with Gasteiger partial charge >= 0.3 is 0 Å². The predicted molar refractivity (Wildman–Crippen MR) is 44.5 cm³/mol. The second kappa shape index (κ2) is 4.21. The largest absolute Gasteiger partial charge is 0.398 e. The topological polar surface area (TPSA) is 105 Å². The SMILES string of the molecule is CO/N=C(/C(=O)NN)c1ccn[nH]1. The lowest BCUT2D eigenvalue weighted by atomic mass is 10.2. The minimum absolute atomic E-state index is 0.0440. The van der Waals surface area contributed by atoms with Gasteiger partial charge in [0, 0.05) is 6.20 Å². The van der Waals surface area contributed by atoms with Gasteiger partial charge in [0.2, 0.25) is 0 Å². The molecule has 7 nitrogen and oxygen atoms in total. The third-order valence-electron chi connectivity index (χ3n) is 1.28. The summed E-state index contributed by atoms with van der Waals surface area (Å²) < 4.78 is 0. The van der Waals surface area contributed by atoms with Crippen molar-refractivity contribution in [3.05, 3.63) is 18.0 Å². The van der Waals surface area contributed by atoms with Gasteiger partial charge in [-0.25, -0.2) is 5.84 Å².